The zero-order valence-electron chi connectivity index (χ0n) is 11.4. The minimum Gasteiger partial charge on any atom is -0.508 e. The number of allylic oxidation sites excluding steroid dienone is 3. The van der Waals surface area contributed by atoms with Gasteiger partial charge in [0.25, 0.3) is 0 Å². The molecule has 0 radical (unpaired) electrons. The summed E-state index contributed by atoms with van der Waals surface area (Å²) in [5, 5.41) is 19.4. The molecule has 0 amide bonds. The van der Waals surface area contributed by atoms with Gasteiger partial charge in [-0.25, -0.2) is 0 Å². The van der Waals surface area contributed by atoms with E-state index in [-0.39, 0.29) is 39.8 Å². The van der Waals surface area contributed by atoms with Gasteiger partial charge in [-0.1, -0.05) is 0 Å². The first kappa shape index (κ1) is 13.9. The normalized spacial score (nSPS) is 15.4. The lowest BCUT2D eigenvalue weighted by Crippen LogP contribution is -2.19. The Balaban J connectivity index is 2.71. The second-order valence-corrected chi connectivity index (χ2v) is 4.56. The van der Waals surface area contributed by atoms with Gasteiger partial charge in [-0.05, 0) is 25.5 Å². The number of ketones is 2. The van der Waals surface area contributed by atoms with Crippen LogP contribution >= 0.6 is 0 Å². The Morgan fingerprint density at radius 3 is 2.30 bits per heavy atom. The minimum atomic E-state index is -0.464. The molecule has 0 bridgehead atoms. The second-order valence-electron chi connectivity index (χ2n) is 4.56. The Labute approximate surface area is 115 Å². The average molecular weight is 274 g/mol. The highest BCUT2D eigenvalue weighted by molar-refractivity contribution is 6.37. The maximum atomic E-state index is 12.3. The van der Waals surface area contributed by atoms with E-state index in [1.807, 2.05) is 0 Å². The number of carbonyl (C=O) groups is 2. The van der Waals surface area contributed by atoms with E-state index in [9.17, 15) is 19.8 Å². The monoisotopic (exact) mass is 274 g/mol. The van der Waals surface area contributed by atoms with Crippen LogP contribution in [-0.4, -0.2) is 28.9 Å². The molecule has 0 spiro atoms. The molecule has 0 aromatic heterocycles. The largest absolute Gasteiger partial charge is 0.508 e. The quantitative estimate of drug-likeness (QED) is 0.804. The summed E-state index contributed by atoms with van der Waals surface area (Å²) in [6, 6.07) is 2.54. The highest BCUT2D eigenvalue weighted by Gasteiger charge is 2.30. The zero-order chi connectivity index (χ0) is 15.0. The summed E-state index contributed by atoms with van der Waals surface area (Å²) in [6.45, 7) is 3.15. The van der Waals surface area contributed by atoms with E-state index in [2.05, 4.69) is 0 Å². The molecule has 0 saturated carbocycles. The minimum absolute atomic E-state index is 0.0672. The van der Waals surface area contributed by atoms with E-state index >= 15 is 0 Å². The van der Waals surface area contributed by atoms with Gasteiger partial charge in [0.2, 0.25) is 5.78 Å². The molecular weight excluding hydrogens is 260 g/mol. The lowest BCUT2D eigenvalue weighted by Gasteiger charge is -2.19. The first-order chi connectivity index (χ1) is 9.36. The first-order valence-electron chi connectivity index (χ1n) is 5.95. The molecule has 2 rings (SSSR count). The Morgan fingerprint density at radius 2 is 1.75 bits per heavy atom. The molecule has 1 aliphatic carbocycles. The second kappa shape index (κ2) is 4.85. The number of aromatic hydroxyl groups is 2. The van der Waals surface area contributed by atoms with Crippen molar-refractivity contribution in [3.05, 3.63) is 40.7 Å². The van der Waals surface area contributed by atoms with E-state index in [1.165, 1.54) is 20.1 Å². The summed E-state index contributed by atoms with van der Waals surface area (Å²) in [5.41, 5.74) is 1.07. The topological polar surface area (TPSA) is 83.8 Å². The van der Waals surface area contributed by atoms with Crippen LogP contribution in [0.3, 0.4) is 0 Å². The molecule has 1 aromatic rings. The highest BCUT2D eigenvalue weighted by Crippen LogP contribution is 2.37. The van der Waals surface area contributed by atoms with Gasteiger partial charge in [-0.2, -0.15) is 0 Å². The number of hydrogen-bond acceptors (Lipinski definition) is 5. The van der Waals surface area contributed by atoms with E-state index < -0.39 is 5.78 Å². The molecule has 0 unspecified atom stereocenters. The Hall–Kier alpha value is -2.56. The number of phenols is 2. The molecule has 2 N–H and O–H groups in total. The predicted octanol–water partition coefficient (Wildman–Crippen LogP) is 1.86. The van der Waals surface area contributed by atoms with Crippen molar-refractivity contribution in [1.29, 1.82) is 0 Å². The fraction of sp³-hybridized carbons (Fsp3) is 0.200. The molecule has 0 fully saturated rings. The molecule has 0 saturated heterocycles. The summed E-state index contributed by atoms with van der Waals surface area (Å²) in [6.07, 6.45) is 1.13. The molecular formula is C15H14O5. The molecule has 0 aliphatic heterocycles. The third kappa shape index (κ3) is 2.07. The number of ether oxygens (including phenoxy) is 1. The van der Waals surface area contributed by atoms with Crippen LogP contribution in [0.2, 0.25) is 0 Å². The molecule has 1 aromatic carbocycles. The van der Waals surface area contributed by atoms with Crippen LogP contribution in [0.5, 0.6) is 11.5 Å². The van der Waals surface area contributed by atoms with Crippen molar-refractivity contribution in [2.45, 2.75) is 13.8 Å². The molecule has 0 atom stereocenters. The lowest BCUT2D eigenvalue weighted by atomic mass is 9.86. The zero-order valence-corrected chi connectivity index (χ0v) is 11.4. The summed E-state index contributed by atoms with van der Waals surface area (Å²) in [5.74, 6) is -1.24. The summed E-state index contributed by atoms with van der Waals surface area (Å²) >= 11 is 0. The smallest absolute Gasteiger partial charge is 0.228 e. The van der Waals surface area contributed by atoms with Crippen molar-refractivity contribution in [2.24, 2.45) is 0 Å². The molecule has 5 heteroatoms. The Bertz CT molecular complexity index is 656. The van der Waals surface area contributed by atoms with Crippen LogP contribution in [0.1, 0.15) is 18.1 Å². The van der Waals surface area contributed by atoms with Crippen molar-refractivity contribution in [2.75, 3.05) is 7.11 Å². The van der Waals surface area contributed by atoms with Crippen molar-refractivity contribution in [3.63, 3.8) is 0 Å². The number of phenolic OH excluding ortho intramolecular Hbond substituents is 2. The van der Waals surface area contributed by atoms with Gasteiger partial charge >= 0.3 is 0 Å². The van der Waals surface area contributed by atoms with Gasteiger partial charge in [0.15, 0.2) is 11.5 Å². The number of benzene rings is 1. The molecule has 1 aliphatic rings. The lowest BCUT2D eigenvalue weighted by molar-refractivity contribution is -0.116. The number of carbonyl (C=O) groups excluding carboxylic acids is 2. The number of rotatable bonds is 2. The number of aryl methyl sites for hydroxylation is 1. The van der Waals surface area contributed by atoms with Crippen molar-refractivity contribution < 1.29 is 24.5 Å². The molecule has 5 nitrogen and oxygen atoms in total. The maximum Gasteiger partial charge on any atom is 0.228 e. The Morgan fingerprint density at radius 1 is 1.10 bits per heavy atom. The van der Waals surface area contributed by atoms with E-state index in [0.29, 0.717) is 5.56 Å². The maximum absolute atomic E-state index is 12.3. The highest BCUT2D eigenvalue weighted by atomic mass is 16.5. The summed E-state index contributed by atoms with van der Waals surface area (Å²) in [4.78, 5) is 24.2. The van der Waals surface area contributed by atoms with Crippen LogP contribution in [0.15, 0.2) is 29.5 Å². The Kier molecular flexibility index (Phi) is 3.36. The molecule has 104 valence electrons. The summed E-state index contributed by atoms with van der Waals surface area (Å²) in [7, 11) is 1.30. The van der Waals surface area contributed by atoms with Gasteiger partial charge in [0, 0.05) is 28.9 Å². The van der Waals surface area contributed by atoms with E-state index in [0.717, 1.165) is 12.1 Å². The van der Waals surface area contributed by atoms with E-state index in [4.69, 9.17) is 4.74 Å². The third-order valence-electron chi connectivity index (χ3n) is 3.23. The van der Waals surface area contributed by atoms with Crippen molar-refractivity contribution in [3.8, 4) is 11.5 Å². The summed E-state index contributed by atoms with van der Waals surface area (Å²) < 4.78 is 4.90. The fourth-order valence-corrected chi connectivity index (χ4v) is 2.24. The number of methoxy groups -OCH3 is 1. The molecule has 0 heterocycles. The fourth-order valence-electron chi connectivity index (χ4n) is 2.24. The van der Waals surface area contributed by atoms with Crippen LogP contribution in [-0.2, 0) is 14.3 Å². The third-order valence-corrected chi connectivity index (χ3v) is 3.23. The van der Waals surface area contributed by atoms with Gasteiger partial charge in [0.1, 0.15) is 11.5 Å². The van der Waals surface area contributed by atoms with Gasteiger partial charge < -0.3 is 14.9 Å². The SMILES string of the molecule is COC1=CC(=O)C(C)=C(c2c(C)cc(O)cc2O)C1=O. The van der Waals surface area contributed by atoms with Crippen LogP contribution in [0.4, 0.5) is 0 Å². The van der Waals surface area contributed by atoms with Gasteiger partial charge in [-0.3, -0.25) is 9.59 Å². The number of hydrogen-bond donors (Lipinski definition) is 2. The standard InChI is InChI=1S/C15H14O5/c1-7-4-9(16)5-11(18)13(7)14-8(2)10(17)6-12(20-3)15(14)19/h4-6,16,18H,1-3H3. The van der Waals surface area contributed by atoms with E-state index in [1.54, 1.807) is 6.92 Å². The first-order valence-corrected chi connectivity index (χ1v) is 5.95. The van der Waals surface area contributed by atoms with Crippen LogP contribution < -0.4 is 0 Å². The van der Waals surface area contributed by atoms with Gasteiger partial charge in [-0.15, -0.1) is 0 Å². The van der Waals surface area contributed by atoms with Crippen LogP contribution in [0, 0.1) is 6.92 Å². The van der Waals surface area contributed by atoms with Crippen molar-refractivity contribution in [1.82, 2.24) is 0 Å². The van der Waals surface area contributed by atoms with Crippen molar-refractivity contribution >= 4 is 17.1 Å². The van der Waals surface area contributed by atoms with Crippen LogP contribution in [0.25, 0.3) is 5.57 Å². The number of Topliss-reactive ketones (excluding diaryl/α,β-unsaturated/α-hetero) is 1. The molecule has 20 heavy (non-hydrogen) atoms. The van der Waals surface area contributed by atoms with Gasteiger partial charge in [0.05, 0.1) is 7.11 Å². The predicted molar refractivity (Wildman–Crippen MR) is 72.2 cm³/mol. The average Bonchev–Trinajstić information content (AvgIpc) is 2.36.